The zero-order chi connectivity index (χ0) is 33.1. The van der Waals surface area contributed by atoms with Crippen molar-refractivity contribution in [1.29, 1.82) is 0 Å². The number of fused-ring (bicyclic) bond motifs is 1. The van der Waals surface area contributed by atoms with Crippen molar-refractivity contribution in [2.75, 3.05) is 36.4 Å². The van der Waals surface area contributed by atoms with Crippen LogP contribution in [0.25, 0.3) is 11.4 Å². The first-order valence-corrected chi connectivity index (χ1v) is 16.8. The number of carbonyl (C=O) groups excluding carboxylic acids is 1. The number of anilines is 2. The maximum atomic E-state index is 14.3. The molecule has 0 radical (unpaired) electrons. The Labute approximate surface area is 276 Å². The number of amides is 1. The number of benzene rings is 1. The second kappa shape index (κ2) is 13.7. The second-order valence-corrected chi connectivity index (χ2v) is 13.7. The van der Waals surface area contributed by atoms with Crippen molar-refractivity contribution in [3.8, 4) is 5.75 Å². The molecule has 2 aliphatic rings. The summed E-state index contributed by atoms with van der Waals surface area (Å²) in [5, 5.41) is 18.1. The zero-order valence-corrected chi connectivity index (χ0v) is 28.0. The number of aromatic nitrogens is 5. The van der Waals surface area contributed by atoms with Gasteiger partial charge in [0.05, 0.1) is 11.9 Å². The lowest BCUT2D eigenvalue weighted by molar-refractivity contribution is -0.116. The van der Waals surface area contributed by atoms with Crippen LogP contribution in [0.15, 0.2) is 53.6 Å². The maximum absolute atomic E-state index is 14.3. The van der Waals surface area contributed by atoms with Gasteiger partial charge in [-0.3, -0.25) is 19.5 Å². The SMILES string of the molecule is CCc1c(N2CCN(Cc3ccncc3O)CC2)c(=O)n2nc(C3=CCCCCC3)nc2n1CC(=O)Nc1ccc(C(C)(C)C)cc1. The van der Waals surface area contributed by atoms with Gasteiger partial charge in [0.25, 0.3) is 5.56 Å². The molecule has 0 bridgehead atoms. The van der Waals surface area contributed by atoms with Crippen LogP contribution >= 0.6 is 0 Å². The lowest BCUT2D eigenvalue weighted by atomic mass is 9.87. The van der Waals surface area contributed by atoms with E-state index in [0.717, 1.165) is 54.6 Å². The predicted octanol–water partition coefficient (Wildman–Crippen LogP) is 5.16. The highest BCUT2D eigenvalue weighted by molar-refractivity contribution is 5.91. The summed E-state index contributed by atoms with van der Waals surface area (Å²) in [7, 11) is 0. The molecular formula is C36H46N8O3. The smallest absolute Gasteiger partial charge is 0.299 e. The van der Waals surface area contributed by atoms with E-state index < -0.39 is 0 Å². The molecule has 0 unspecified atom stereocenters. The van der Waals surface area contributed by atoms with Crippen molar-refractivity contribution < 1.29 is 9.90 Å². The van der Waals surface area contributed by atoms with Crippen molar-refractivity contribution in [3.63, 3.8) is 0 Å². The van der Waals surface area contributed by atoms with Gasteiger partial charge in [-0.05, 0) is 66.9 Å². The Kier molecular flexibility index (Phi) is 9.45. The Morgan fingerprint density at radius 2 is 1.79 bits per heavy atom. The maximum Gasteiger partial charge on any atom is 0.299 e. The van der Waals surface area contributed by atoms with E-state index in [9.17, 15) is 14.7 Å². The average Bonchev–Trinajstić information content (AvgIpc) is 3.32. The summed E-state index contributed by atoms with van der Waals surface area (Å²) >= 11 is 0. The highest BCUT2D eigenvalue weighted by Gasteiger charge is 2.28. The fraction of sp³-hybridized carbons (Fsp3) is 0.472. The number of carbonyl (C=O) groups is 1. The van der Waals surface area contributed by atoms with Crippen LogP contribution < -0.4 is 15.8 Å². The van der Waals surface area contributed by atoms with E-state index in [0.29, 0.717) is 56.4 Å². The molecule has 1 amide bonds. The number of hydrogen-bond donors (Lipinski definition) is 2. The van der Waals surface area contributed by atoms with Crippen LogP contribution in [0.1, 0.15) is 82.4 Å². The van der Waals surface area contributed by atoms with Gasteiger partial charge >= 0.3 is 0 Å². The van der Waals surface area contributed by atoms with Gasteiger partial charge in [0.1, 0.15) is 18.0 Å². The Bertz CT molecular complexity index is 1830. The molecule has 47 heavy (non-hydrogen) atoms. The fourth-order valence-electron chi connectivity index (χ4n) is 6.60. The summed E-state index contributed by atoms with van der Waals surface area (Å²) < 4.78 is 3.28. The molecule has 1 fully saturated rings. The minimum absolute atomic E-state index is 0.000554. The first-order valence-electron chi connectivity index (χ1n) is 16.8. The van der Waals surface area contributed by atoms with Crippen molar-refractivity contribution in [3.05, 3.63) is 81.8 Å². The van der Waals surface area contributed by atoms with Crippen LogP contribution in [0.2, 0.25) is 0 Å². The third-order valence-electron chi connectivity index (χ3n) is 9.30. The van der Waals surface area contributed by atoms with E-state index in [1.165, 1.54) is 16.3 Å². The second-order valence-electron chi connectivity index (χ2n) is 13.7. The molecule has 0 spiro atoms. The first kappa shape index (κ1) is 32.4. The van der Waals surface area contributed by atoms with Gasteiger partial charge in [0, 0.05) is 50.2 Å². The quantitative estimate of drug-likeness (QED) is 0.272. The van der Waals surface area contributed by atoms with Gasteiger partial charge in [-0.15, -0.1) is 5.10 Å². The third-order valence-corrected chi connectivity index (χ3v) is 9.30. The van der Waals surface area contributed by atoms with Gasteiger partial charge in [0.15, 0.2) is 5.82 Å². The average molecular weight is 639 g/mol. The number of piperazine rings is 1. The van der Waals surface area contributed by atoms with Crippen molar-refractivity contribution in [2.45, 2.75) is 84.7 Å². The summed E-state index contributed by atoms with van der Waals surface area (Å²) in [6, 6.07) is 9.79. The molecule has 2 N–H and O–H groups in total. The predicted molar refractivity (Wildman–Crippen MR) is 185 cm³/mol. The number of allylic oxidation sites excluding steroid dienone is 2. The number of nitrogens with zero attached hydrogens (tertiary/aromatic N) is 7. The Balaban J connectivity index is 1.33. The summed E-state index contributed by atoms with van der Waals surface area (Å²) in [6.07, 6.45) is 11.1. The molecule has 0 saturated carbocycles. The molecule has 3 aromatic heterocycles. The number of nitrogens with one attached hydrogen (secondary N) is 1. The highest BCUT2D eigenvalue weighted by atomic mass is 16.3. The summed E-state index contributed by atoms with van der Waals surface area (Å²) in [6.45, 7) is 11.8. The Hall–Kier alpha value is -4.51. The molecule has 4 heterocycles. The molecule has 1 aliphatic carbocycles. The standard InChI is InChI=1S/C36H46N8O3/c1-5-29-32(42-20-18-41(19-21-42)23-26-16-17-37-22-30(26)45)34(47)44-35(39-33(40-44)25-10-8-6-7-9-11-25)43(29)24-31(46)38-28-14-12-27(13-15-28)36(2,3)4/h10,12-17,22,45H,5-9,11,18-21,23-24H2,1-4H3,(H,38,46). The van der Waals surface area contributed by atoms with Crippen LogP contribution in [0.4, 0.5) is 11.4 Å². The van der Waals surface area contributed by atoms with Crippen LogP contribution in [-0.2, 0) is 29.7 Å². The van der Waals surface area contributed by atoms with E-state index in [4.69, 9.17) is 10.1 Å². The van der Waals surface area contributed by atoms with Crippen LogP contribution in [0.3, 0.4) is 0 Å². The van der Waals surface area contributed by atoms with E-state index >= 15 is 0 Å². The van der Waals surface area contributed by atoms with E-state index in [1.807, 2.05) is 41.8 Å². The summed E-state index contributed by atoms with van der Waals surface area (Å²) in [4.78, 5) is 41.2. The lowest BCUT2D eigenvalue weighted by Gasteiger charge is -2.36. The minimum Gasteiger partial charge on any atom is -0.506 e. The van der Waals surface area contributed by atoms with Crippen molar-refractivity contribution in [1.82, 2.24) is 29.0 Å². The largest absolute Gasteiger partial charge is 0.506 e. The van der Waals surface area contributed by atoms with Crippen LogP contribution in [-0.4, -0.2) is 66.2 Å². The molecule has 11 heteroatoms. The molecule has 248 valence electrons. The normalized spacial score (nSPS) is 16.3. The van der Waals surface area contributed by atoms with Gasteiger partial charge in [-0.25, -0.2) is 0 Å². The number of rotatable bonds is 8. The molecule has 1 saturated heterocycles. The molecule has 1 aromatic carbocycles. The first-order chi connectivity index (χ1) is 22.6. The fourth-order valence-corrected chi connectivity index (χ4v) is 6.60. The van der Waals surface area contributed by atoms with Gasteiger partial charge in [-0.1, -0.05) is 52.3 Å². The lowest BCUT2D eigenvalue weighted by Crippen LogP contribution is -2.48. The zero-order valence-electron chi connectivity index (χ0n) is 28.0. The monoisotopic (exact) mass is 638 g/mol. The van der Waals surface area contributed by atoms with Gasteiger partial charge in [0.2, 0.25) is 11.7 Å². The number of aromatic hydroxyl groups is 1. The van der Waals surface area contributed by atoms with E-state index in [2.05, 4.69) is 46.9 Å². The number of hydrogen-bond acceptors (Lipinski definition) is 8. The highest BCUT2D eigenvalue weighted by Crippen LogP contribution is 2.27. The topological polar surface area (TPSA) is 121 Å². The minimum atomic E-state index is -0.209. The molecule has 1 aliphatic heterocycles. The summed E-state index contributed by atoms with van der Waals surface area (Å²) in [5.41, 5.74) is 4.95. The molecule has 4 aromatic rings. The number of pyridine rings is 1. The third kappa shape index (κ3) is 7.10. The van der Waals surface area contributed by atoms with Gasteiger partial charge in [-0.2, -0.15) is 9.50 Å². The van der Waals surface area contributed by atoms with Crippen LogP contribution in [0, 0.1) is 0 Å². The molecule has 11 nitrogen and oxygen atoms in total. The summed E-state index contributed by atoms with van der Waals surface area (Å²) in [5.74, 6) is 0.948. The molecule has 6 rings (SSSR count). The van der Waals surface area contributed by atoms with E-state index in [-0.39, 0.29) is 29.2 Å². The van der Waals surface area contributed by atoms with Crippen LogP contribution in [0.5, 0.6) is 5.75 Å². The molecule has 0 atom stereocenters. The van der Waals surface area contributed by atoms with E-state index in [1.54, 1.807) is 6.20 Å². The Morgan fingerprint density at radius 1 is 1.02 bits per heavy atom. The van der Waals surface area contributed by atoms with Crippen molar-refractivity contribution in [2.24, 2.45) is 0 Å². The Morgan fingerprint density at radius 3 is 2.49 bits per heavy atom. The van der Waals surface area contributed by atoms with Gasteiger partial charge < -0.3 is 19.9 Å². The van der Waals surface area contributed by atoms with Crippen molar-refractivity contribution >= 4 is 28.6 Å². The molecular weight excluding hydrogens is 592 g/mol.